The van der Waals surface area contributed by atoms with Crippen LogP contribution < -0.4 is 0 Å². The highest BCUT2D eigenvalue weighted by molar-refractivity contribution is 5.65. The van der Waals surface area contributed by atoms with Crippen LogP contribution in [-0.2, 0) is 4.74 Å². The summed E-state index contributed by atoms with van der Waals surface area (Å²) in [5.74, 6) is 0.471. The molecule has 20 heavy (non-hydrogen) atoms. The minimum absolute atomic E-state index is 0.107. The third-order valence-corrected chi connectivity index (χ3v) is 2.93. The molecule has 6 nitrogen and oxygen atoms in total. The molecule has 0 radical (unpaired) electrons. The Morgan fingerprint density at radius 1 is 1.55 bits per heavy atom. The van der Waals surface area contributed by atoms with E-state index < -0.39 is 17.7 Å². The van der Waals surface area contributed by atoms with Crippen molar-refractivity contribution < 1.29 is 24.2 Å². The number of amides is 1. The van der Waals surface area contributed by atoms with Gasteiger partial charge in [0.1, 0.15) is 5.76 Å². The van der Waals surface area contributed by atoms with E-state index in [0.717, 1.165) is 0 Å². The van der Waals surface area contributed by atoms with Crippen LogP contribution >= 0.6 is 0 Å². The predicted molar refractivity (Wildman–Crippen MR) is 73.5 cm³/mol. The molecule has 0 aliphatic heterocycles. The maximum absolute atomic E-state index is 11.2. The summed E-state index contributed by atoms with van der Waals surface area (Å²) in [4.78, 5) is 12.4. The van der Waals surface area contributed by atoms with Crippen LogP contribution in [0.3, 0.4) is 0 Å². The number of furan rings is 1. The van der Waals surface area contributed by atoms with Crippen molar-refractivity contribution >= 4 is 6.09 Å². The summed E-state index contributed by atoms with van der Waals surface area (Å²) in [6, 6.07) is 3.04. The van der Waals surface area contributed by atoms with Crippen molar-refractivity contribution in [2.75, 3.05) is 20.3 Å². The van der Waals surface area contributed by atoms with Gasteiger partial charge in [-0.25, -0.2) is 4.79 Å². The zero-order chi connectivity index (χ0) is 15.3. The van der Waals surface area contributed by atoms with Crippen LogP contribution in [0, 0.1) is 5.92 Å². The van der Waals surface area contributed by atoms with Crippen molar-refractivity contribution in [3.63, 3.8) is 0 Å². The fraction of sp³-hybridized carbons (Fsp3) is 0.643. The van der Waals surface area contributed by atoms with Crippen molar-refractivity contribution in [2.24, 2.45) is 5.92 Å². The third-order valence-electron chi connectivity index (χ3n) is 2.93. The monoisotopic (exact) mass is 285 g/mol. The Kier molecular flexibility index (Phi) is 5.59. The third kappa shape index (κ3) is 4.86. The van der Waals surface area contributed by atoms with Gasteiger partial charge in [0.2, 0.25) is 0 Å². The normalized spacial score (nSPS) is 14.8. The highest BCUT2D eigenvalue weighted by Crippen LogP contribution is 2.28. The first-order valence-corrected chi connectivity index (χ1v) is 6.51. The minimum Gasteiger partial charge on any atom is -0.467 e. The van der Waals surface area contributed by atoms with Crippen molar-refractivity contribution in [3.05, 3.63) is 24.2 Å². The lowest BCUT2D eigenvalue weighted by Crippen LogP contribution is -2.36. The van der Waals surface area contributed by atoms with Gasteiger partial charge in [0.25, 0.3) is 0 Å². The first-order valence-electron chi connectivity index (χ1n) is 6.51. The summed E-state index contributed by atoms with van der Waals surface area (Å²) in [6.07, 6.45) is 0.489. The summed E-state index contributed by atoms with van der Waals surface area (Å²) in [7, 11) is 1.50. The van der Waals surface area contributed by atoms with Crippen molar-refractivity contribution in [1.82, 2.24) is 4.90 Å². The second-order valence-corrected chi connectivity index (χ2v) is 5.66. The fourth-order valence-corrected chi connectivity index (χ4v) is 2.02. The lowest BCUT2D eigenvalue weighted by Gasteiger charge is -2.30. The van der Waals surface area contributed by atoms with E-state index in [-0.39, 0.29) is 12.5 Å². The molecule has 0 unspecified atom stereocenters. The first kappa shape index (κ1) is 16.5. The zero-order valence-corrected chi connectivity index (χ0v) is 12.4. The molecule has 1 rings (SSSR count). The maximum Gasteiger partial charge on any atom is 0.407 e. The van der Waals surface area contributed by atoms with E-state index in [9.17, 15) is 9.90 Å². The SMILES string of the molecule is C[C@H](COCC(C)(C)O)[C@@H](c1ccco1)N(C)C(=O)O. The number of hydrogen-bond acceptors (Lipinski definition) is 4. The number of rotatable bonds is 7. The molecule has 114 valence electrons. The Labute approximate surface area is 118 Å². The second kappa shape index (κ2) is 6.76. The molecule has 1 aromatic rings. The Balaban J connectivity index is 2.71. The largest absolute Gasteiger partial charge is 0.467 e. The Morgan fingerprint density at radius 2 is 2.20 bits per heavy atom. The van der Waals surface area contributed by atoms with E-state index in [1.165, 1.54) is 18.2 Å². The lowest BCUT2D eigenvalue weighted by atomic mass is 9.99. The van der Waals surface area contributed by atoms with E-state index in [1.54, 1.807) is 26.0 Å². The van der Waals surface area contributed by atoms with Gasteiger partial charge in [-0.3, -0.25) is 0 Å². The van der Waals surface area contributed by atoms with Crippen LogP contribution in [0.2, 0.25) is 0 Å². The van der Waals surface area contributed by atoms with Gasteiger partial charge >= 0.3 is 6.09 Å². The van der Waals surface area contributed by atoms with Crippen molar-refractivity contribution in [3.8, 4) is 0 Å². The number of nitrogens with zero attached hydrogens (tertiary/aromatic N) is 1. The summed E-state index contributed by atoms with van der Waals surface area (Å²) < 4.78 is 10.8. The number of carboxylic acid groups (broad SMARTS) is 1. The zero-order valence-electron chi connectivity index (χ0n) is 12.4. The molecule has 0 aromatic carbocycles. The molecule has 2 N–H and O–H groups in total. The van der Waals surface area contributed by atoms with Gasteiger partial charge in [-0.15, -0.1) is 0 Å². The molecular formula is C14H23NO5. The van der Waals surface area contributed by atoms with Crippen LogP contribution in [-0.4, -0.2) is 47.1 Å². The van der Waals surface area contributed by atoms with Gasteiger partial charge in [0.05, 0.1) is 31.1 Å². The van der Waals surface area contributed by atoms with E-state index in [1.807, 2.05) is 6.92 Å². The number of carbonyl (C=O) groups is 1. The molecule has 0 spiro atoms. The second-order valence-electron chi connectivity index (χ2n) is 5.66. The van der Waals surface area contributed by atoms with Gasteiger partial charge in [-0.1, -0.05) is 6.92 Å². The predicted octanol–water partition coefficient (Wildman–Crippen LogP) is 2.35. The van der Waals surface area contributed by atoms with Crippen LogP contribution in [0.5, 0.6) is 0 Å². The van der Waals surface area contributed by atoms with Crippen molar-refractivity contribution in [2.45, 2.75) is 32.4 Å². The molecule has 2 atom stereocenters. The average molecular weight is 285 g/mol. The fourth-order valence-electron chi connectivity index (χ4n) is 2.02. The molecule has 1 amide bonds. The molecule has 1 aromatic heterocycles. The molecule has 0 saturated heterocycles. The number of aliphatic hydroxyl groups is 1. The summed E-state index contributed by atoms with van der Waals surface area (Å²) in [5, 5.41) is 18.8. The standard InChI is InChI=1S/C14H23NO5/c1-10(8-19-9-14(2,3)18)12(15(4)13(16)17)11-6-5-7-20-11/h5-7,10,12,18H,8-9H2,1-4H3,(H,16,17)/t10-,12+/m1/s1. The van der Waals surface area contributed by atoms with Crippen molar-refractivity contribution in [1.29, 1.82) is 0 Å². The van der Waals surface area contributed by atoms with Gasteiger partial charge < -0.3 is 24.3 Å². The maximum atomic E-state index is 11.2. The smallest absolute Gasteiger partial charge is 0.407 e. The Morgan fingerprint density at radius 3 is 2.65 bits per heavy atom. The molecule has 1 heterocycles. The minimum atomic E-state index is -1.03. The number of hydrogen-bond donors (Lipinski definition) is 2. The van der Waals surface area contributed by atoms with E-state index in [0.29, 0.717) is 12.4 Å². The summed E-state index contributed by atoms with van der Waals surface area (Å²) >= 11 is 0. The van der Waals surface area contributed by atoms with Crippen LogP contribution in [0.15, 0.2) is 22.8 Å². The highest BCUT2D eigenvalue weighted by atomic mass is 16.5. The summed E-state index contributed by atoms with van der Waals surface area (Å²) in [6.45, 7) is 5.72. The lowest BCUT2D eigenvalue weighted by molar-refractivity contribution is -0.0372. The van der Waals surface area contributed by atoms with Gasteiger partial charge in [0.15, 0.2) is 0 Å². The number of ether oxygens (including phenoxy) is 1. The van der Waals surface area contributed by atoms with Crippen LogP contribution in [0.25, 0.3) is 0 Å². The molecule has 0 fully saturated rings. The molecular weight excluding hydrogens is 262 g/mol. The highest BCUT2D eigenvalue weighted by Gasteiger charge is 2.29. The van der Waals surface area contributed by atoms with E-state index in [4.69, 9.17) is 14.3 Å². The Bertz CT molecular complexity index is 410. The molecule has 0 saturated carbocycles. The molecule has 0 bridgehead atoms. The Hall–Kier alpha value is -1.53. The topological polar surface area (TPSA) is 83.1 Å². The van der Waals surface area contributed by atoms with Crippen LogP contribution in [0.1, 0.15) is 32.6 Å². The molecule has 6 heteroatoms. The summed E-state index contributed by atoms with van der Waals surface area (Å²) in [5.41, 5.74) is -0.904. The van der Waals surface area contributed by atoms with Crippen LogP contribution in [0.4, 0.5) is 4.79 Å². The van der Waals surface area contributed by atoms with E-state index >= 15 is 0 Å². The van der Waals surface area contributed by atoms with Gasteiger partial charge in [-0.2, -0.15) is 0 Å². The van der Waals surface area contributed by atoms with E-state index in [2.05, 4.69) is 0 Å². The van der Waals surface area contributed by atoms with Gasteiger partial charge in [0, 0.05) is 13.0 Å². The molecule has 0 aliphatic carbocycles. The molecule has 0 aliphatic rings. The average Bonchev–Trinajstić information content (AvgIpc) is 2.80. The first-order chi connectivity index (χ1) is 9.22. The quantitative estimate of drug-likeness (QED) is 0.803. The van der Waals surface area contributed by atoms with Gasteiger partial charge in [-0.05, 0) is 26.0 Å².